The number of hydrogen-bond acceptors (Lipinski definition) is 4. The van der Waals surface area contributed by atoms with Crippen LogP contribution in [0.1, 0.15) is 0 Å². The third-order valence-electron chi connectivity index (χ3n) is 0. The smallest absolute Gasteiger partial charge is 0.544 e. The van der Waals surface area contributed by atoms with Crippen LogP contribution in [0.15, 0.2) is 0 Å². The summed E-state index contributed by atoms with van der Waals surface area (Å²) in [5.74, 6) is 0. The molecule has 0 spiro atoms. The van der Waals surface area contributed by atoms with Gasteiger partial charge in [0.05, 0.1) is 22.7 Å². The second-order valence-corrected chi connectivity index (χ2v) is 0.378. The van der Waals surface area contributed by atoms with Gasteiger partial charge in [0, 0.05) is 0 Å². The molecule has 0 rings (SSSR count). The molecule has 0 aromatic heterocycles. The molecule has 40 valence electrons. The Morgan fingerprint density at radius 1 is 0.750 bits per heavy atom. The van der Waals surface area contributed by atoms with Gasteiger partial charge in [-0.25, -0.2) is 0 Å². The van der Waals surface area contributed by atoms with Gasteiger partial charge in [-0.15, -0.1) is 0 Å². The van der Waals surface area contributed by atoms with Crippen LogP contribution in [0, 0.1) is 22.7 Å². The van der Waals surface area contributed by atoms with E-state index in [1.165, 1.54) is 0 Å². The summed E-state index contributed by atoms with van der Waals surface area (Å²) in [5.41, 5.74) is 0. The summed E-state index contributed by atoms with van der Waals surface area (Å²) in [6, 6.07) is 0. The molecule has 8 heteroatoms. The molecule has 4 nitrogen and oxygen atoms in total. The molecular formula is Cl2LiNaO4. The summed E-state index contributed by atoms with van der Waals surface area (Å²) in [4.78, 5) is 0. The van der Waals surface area contributed by atoms with E-state index in [-0.39, 0.29) is 48.4 Å². The standard InChI is InChI=1S/2ClO2.Li.Na/c2*2-1-3;;/q2*-1;2*+1. The Bertz CT molecular complexity index is 16.0. The molecule has 0 amide bonds. The molecule has 0 unspecified atom stereocenters. The third kappa shape index (κ3) is 97.0. The van der Waals surface area contributed by atoms with Crippen LogP contribution < -0.4 is 67.1 Å². The van der Waals surface area contributed by atoms with Crippen LogP contribution in [0.3, 0.4) is 0 Å². The zero-order valence-corrected chi connectivity index (χ0v) is 7.90. The number of halogens is 2. The fourth-order valence-electron chi connectivity index (χ4n) is 0. The average Bonchev–Trinajstić information content (AvgIpc) is 1.39. The zero-order valence-electron chi connectivity index (χ0n) is 4.39. The number of hydrogen-bond donors (Lipinski definition) is 0. The van der Waals surface area contributed by atoms with Gasteiger partial charge in [0.25, 0.3) is 0 Å². The Labute approximate surface area is 88.9 Å². The predicted molar refractivity (Wildman–Crippen MR) is 0 cm³/mol. The van der Waals surface area contributed by atoms with Crippen LogP contribution >= 0.6 is 0 Å². The van der Waals surface area contributed by atoms with Gasteiger partial charge in [-0.3, -0.25) is 0 Å². The molecule has 0 N–H and O–H groups in total. The Morgan fingerprint density at radius 3 is 0.750 bits per heavy atom. The molecular weight excluding hydrogens is 165 g/mol. The monoisotopic (exact) mass is 164 g/mol. The topological polar surface area (TPSA) is 92.2 Å². The second kappa shape index (κ2) is 35.9. The summed E-state index contributed by atoms with van der Waals surface area (Å²) in [6.07, 6.45) is 0. The van der Waals surface area contributed by atoms with E-state index < -0.39 is 22.7 Å². The van der Waals surface area contributed by atoms with Crippen molar-refractivity contribution in [3.8, 4) is 0 Å². The van der Waals surface area contributed by atoms with Crippen molar-refractivity contribution in [1.82, 2.24) is 0 Å². The van der Waals surface area contributed by atoms with Gasteiger partial charge in [0.15, 0.2) is 0 Å². The predicted octanol–water partition coefficient (Wildman–Crippen LogP) is -10.7. The molecule has 0 atom stereocenters. The quantitative estimate of drug-likeness (QED) is 0.333. The summed E-state index contributed by atoms with van der Waals surface area (Å²) < 4.78 is 32.9. The van der Waals surface area contributed by atoms with Gasteiger partial charge in [0.1, 0.15) is 0 Å². The van der Waals surface area contributed by atoms with E-state index in [9.17, 15) is 0 Å². The van der Waals surface area contributed by atoms with Crippen LogP contribution in [-0.2, 0) is 0 Å². The van der Waals surface area contributed by atoms with Crippen LogP contribution in [0.5, 0.6) is 0 Å². The molecule has 0 heterocycles. The van der Waals surface area contributed by atoms with Crippen molar-refractivity contribution in [3.63, 3.8) is 0 Å². The molecule has 0 bridgehead atoms. The van der Waals surface area contributed by atoms with Crippen LogP contribution in [0.2, 0.25) is 0 Å². The molecule has 0 saturated carbocycles. The second-order valence-electron chi connectivity index (χ2n) is 0.126. The molecule has 0 aromatic rings. The van der Waals surface area contributed by atoms with E-state index in [2.05, 4.69) is 0 Å². The summed E-state index contributed by atoms with van der Waals surface area (Å²) in [5, 5.41) is 0. The van der Waals surface area contributed by atoms with E-state index in [1.54, 1.807) is 0 Å². The maximum absolute atomic E-state index is 8.24. The van der Waals surface area contributed by atoms with Crippen molar-refractivity contribution in [3.05, 3.63) is 0 Å². The van der Waals surface area contributed by atoms with Gasteiger partial charge in [-0.1, -0.05) is 0 Å². The van der Waals surface area contributed by atoms with Crippen LogP contribution in [-0.4, -0.2) is 0 Å². The Kier molecular flexibility index (Phi) is 101. The molecule has 0 aliphatic carbocycles. The summed E-state index contributed by atoms with van der Waals surface area (Å²) in [7, 11) is 0. The van der Waals surface area contributed by atoms with Crippen molar-refractivity contribution >= 4 is 0 Å². The molecule has 0 aromatic carbocycles. The molecule has 0 aliphatic rings. The van der Waals surface area contributed by atoms with Crippen molar-refractivity contribution in [2.45, 2.75) is 0 Å². The SMILES string of the molecule is [Li+].[Na+].[O-][Cl+][O-].[O-][Cl+][O-]. The van der Waals surface area contributed by atoms with Gasteiger partial charge in [0.2, 0.25) is 0 Å². The van der Waals surface area contributed by atoms with E-state index >= 15 is 0 Å². The first-order chi connectivity index (χ1) is 2.83. The van der Waals surface area contributed by atoms with Crippen molar-refractivity contribution in [2.75, 3.05) is 0 Å². The van der Waals surface area contributed by atoms with E-state index in [1.807, 2.05) is 0 Å². The van der Waals surface area contributed by atoms with Crippen LogP contribution in [0.25, 0.3) is 0 Å². The fraction of sp³-hybridized carbons (Fsp3) is 0. The van der Waals surface area contributed by atoms with Crippen LogP contribution in [0.4, 0.5) is 0 Å². The van der Waals surface area contributed by atoms with Gasteiger partial charge in [-0.05, 0) is 0 Å². The Hall–Kier alpha value is 2.02. The molecule has 0 radical (unpaired) electrons. The summed E-state index contributed by atoms with van der Waals surface area (Å²) in [6.45, 7) is 0. The minimum Gasteiger partial charge on any atom is -0.544 e. The largest absolute Gasteiger partial charge is 1.00 e. The summed E-state index contributed by atoms with van der Waals surface area (Å²) >= 11 is -0.833. The molecule has 0 aliphatic heterocycles. The minimum atomic E-state index is -0.417. The van der Waals surface area contributed by atoms with E-state index in [0.717, 1.165) is 0 Å². The normalized spacial score (nSPS) is 4.50. The number of rotatable bonds is 0. The first kappa shape index (κ1) is 22.5. The van der Waals surface area contributed by atoms with E-state index in [0.29, 0.717) is 0 Å². The first-order valence-electron chi connectivity index (χ1n) is 0.617. The maximum Gasteiger partial charge on any atom is 1.00 e. The fourth-order valence-corrected chi connectivity index (χ4v) is 0. The molecule has 8 heavy (non-hydrogen) atoms. The van der Waals surface area contributed by atoms with Crippen molar-refractivity contribution < 1.29 is 89.7 Å². The van der Waals surface area contributed by atoms with Gasteiger partial charge < -0.3 is 18.6 Å². The van der Waals surface area contributed by atoms with Gasteiger partial charge in [-0.2, -0.15) is 0 Å². The zero-order chi connectivity index (χ0) is 5.41. The Balaban J connectivity index is -0.0000000160. The third-order valence-corrected chi connectivity index (χ3v) is 0. The average molecular weight is 165 g/mol. The van der Waals surface area contributed by atoms with Crippen molar-refractivity contribution in [1.29, 1.82) is 0 Å². The van der Waals surface area contributed by atoms with Crippen molar-refractivity contribution in [2.24, 2.45) is 0 Å². The van der Waals surface area contributed by atoms with E-state index in [4.69, 9.17) is 18.6 Å². The minimum absolute atomic E-state index is 0. The maximum atomic E-state index is 8.24. The molecule has 0 saturated heterocycles. The van der Waals surface area contributed by atoms with Gasteiger partial charge >= 0.3 is 48.4 Å². The first-order valence-corrected chi connectivity index (χ1v) is 1.85. The molecule has 0 fully saturated rings. The Morgan fingerprint density at radius 2 is 0.750 bits per heavy atom.